The minimum Gasteiger partial charge on any atom is -0.324 e. The molecule has 0 fully saturated rings. The molecule has 0 saturated carbocycles. The van der Waals surface area contributed by atoms with Gasteiger partial charge in [0.2, 0.25) is 0 Å². The molecule has 11 heavy (non-hydrogen) atoms. The number of hydrazine groups is 1. The van der Waals surface area contributed by atoms with Crippen LogP contribution in [0.25, 0.3) is 0 Å². The third-order valence-corrected chi connectivity index (χ3v) is 1.86. The standard InChI is InChI=1S/C7H11N3S/c1-11-5-7-4-6(10-8)2-3-9-7/h2-4H,5,8H2,1H3,(H,9,10). The molecule has 0 atom stereocenters. The highest BCUT2D eigenvalue weighted by Gasteiger charge is 1.93. The van der Waals surface area contributed by atoms with E-state index in [-0.39, 0.29) is 0 Å². The molecule has 1 aromatic heterocycles. The Bertz CT molecular complexity index is 227. The van der Waals surface area contributed by atoms with E-state index in [9.17, 15) is 0 Å². The van der Waals surface area contributed by atoms with E-state index >= 15 is 0 Å². The Kier molecular flexibility index (Phi) is 3.19. The van der Waals surface area contributed by atoms with Crippen LogP contribution in [0.5, 0.6) is 0 Å². The fourth-order valence-electron chi connectivity index (χ4n) is 0.795. The summed E-state index contributed by atoms with van der Waals surface area (Å²) in [6.07, 6.45) is 3.80. The van der Waals surface area contributed by atoms with Gasteiger partial charge in [0.1, 0.15) is 0 Å². The Balaban J connectivity index is 2.74. The zero-order valence-electron chi connectivity index (χ0n) is 6.37. The lowest BCUT2D eigenvalue weighted by atomic mass is 10.3. The van der Waals surface area contributed by atoms with Crippen molar-refractivity contribution in [1.82, 2.24) is 4.98 Å². The first-order valence-corrected chi connectivity index (χ1v) is 4.66. The van der Waals surface area contributed by atoms with Crippen LogP contribution < -0.4 is 11.3 Å². The van der Waals surface area contributed by atoms with Crippen LogP contribution in [-0.2, 0) is 5.75 Å². The molecule has 0 aliphatic heterocycles. The van der Waals surface area contributed by atoms with E-state index in [1.165, 1.54) is 0 Å². The maximum Gasteiger partial charge on any atom is 0.0523 e. The Morgan fingerprint density at radius 2 is 2.55 bits per heavy atom. The van der Waals surface area contributed by atoms with Crippen LogP contribution in [0.15, 0.2) is 18.3 Å². The zero-order valence-corrected chi connectivity index (χ0v) is 7.19. The smallest absolute Gasteiger partial charge is 0.0523 e. The van der Waals surface area contributed by atoms with Crippen molar-refractivity contribution < 1.29 is 0 Å². The van der Waals surface area contributed by atoms with E-state index in [1.54, 1.807) is 18.0 Å². The van der Waals surface area contributed by atoms with Gasteiger partial charge in [0.15, 0.2) is 0 Å². The molecule has 0 aromatic carbocycles. The molecule has 1 rings (SSSR count). The Hall–Kier alpha value is -0.740. The third-order valence-electron chi connectivity index (χ3n) is 1.28. The fourth-order valence-corrected chi connectivity index (χ4v) is 1.25. The molecule has 0 spiro atoms. The predicted octanol–water partition coefficient (Wildman–Crippen LogP) is 1.23. The Morgan fingerprint density at radius 3 is 3.18 bits per heavy atom. The number of aromatic nitrogens is 1. The van der Waals surface area contributed by atoms with E-state index in [0.29, 0.717) is 0 Å². The monoisotopic (exact) mass is 169 g/mol. The summed E-state index contributed by atoms with van der Waals surface area (Å²) in [5.74, 6) is 6.16. The van der Waals surface area contributed by atoms with Gasteiger partial charge >= 0.3 is 0 Å². The molecule has 0 radical (unpaired) electrons. The van der Waals surface area contributed by atoms with Crippen LogP contribution in [0, 0.1) is 0 Å². The molecule has 4 heteroatoms. The van der Waals surface area contributed by atoms with Gasteiger partial charge in [-0.15, -0.1) is 0 Å². The summed E-state index contributed by atoms with van der Waals surface area (Å²) in [7, 11) is 0. The number of hydrogen-bond acceptors (Lipinski definition) is 4. The van der Waals surface area contributed by atoms with Gasteiger partial charge in [-0.05, 0) is 18.4 Å². The second kappa shape index (κ2) is 4.20. The highest BCUT2D eigenvalue weighted by molar-refractivity contribution is 7.97. The van der Waals surface area contributed by atoms with Gasteiger partial charge in [-0.25, -0.2) is 0 Å². The van der Waals surface area contributed by atoms with Crippen molar-refractivity contribution in [2.45, 2.75) is 5.75 Å². The van der Waals surface area contributed by atoms with Crippen molar-refractivity contribution in [3.63, 3.8) is 0 Å². The lowest BCUT2D eigenvalue weighted by Gasteiger charge is -2.01. The summed E-state index contributed by atoms with van der Waals surface area (Å²) in [6, 6.07) is 3.78. The molecule has 0 aliphatic carbocycles. The van der Waals surface area contributed by atoms with Crippen LogP contribution >= 0.6 is 11.8 Å². The third kappa shape index (κ3) is 2.40. The minimum absolute atomic E-state index is 0.907. The summed E-state index contributed by atoms with van der Waals surface area (Å²) in [5, 5.41) is 0. The van der Waals surface area contributed by atoms with Gasteiger partial charge in [-0.1, -0.05) is 0 Å². The van der Waals surface area contributed by atoms with Gasteiger partial charge in [0.25, 0.3) is 0 Å². The molecule has 0 amide bonds. The Labute approximate surface area is 70.4 Å². The van der Waals surface area contributed by atoms with Crippen LogP contribution in [0.2, 0.25) is 0 Å². The number of nitrogens with two attached hydrogens (primary N) is 1. The van der Waals surface area contributed by atoms with Crippen LogP contribution in [0.1, 0.15) is 5.69 Å². The average molecular weight is 169 g/mol. The molecular weight excluding hydrogens is 158 g/mol. The fraction of sp³-hybridized carbons (Fsp3) is 0.286. The quantitative estimate of drug-likeness (QED) is 0.528. The van der Waals surface area contributed by atoms with E-state index in [2.05, 4.69) is 10.4 Å². The highest BCUT2D eigenvalue weighted by Crippen LogP contribution is 2.10. The normalized spacial score (nSPS) is 9.64. The minimum atomic E-state index is 0.907. The van der Waals surface area contributed by atoms with E-state index < -0.39 is 0 Å². The summed E-state index contributed by atoms with van der Waals surface area (Å²) < 4.78 is 0. The number of pyridine rings is 1. The molecule has 0 bridgehead atoms. The van der Waals surface area contributed by atoms with Crippen LogP contribution in [0.3, 0.4) is 0 Å². The van der Waals surface area contributed by atoms with E-state index in [4.69, 9.17) is 5.84 Å². The first-order valence-electron chi connectivity index (χ1n) is 3.27. The molecule has 0 saturated heterocycles. The molecule has 60 valence electrons. The van der Waals surface area contributed by atoms with E-state index in [1.807, 2.05) is 18.4 Å². The largest absolute Gasteiger partial charge is 0.324 e. The number of rotatable bonds is 3. The molecule has 0 aliphatic rings. The summed E-state index contributed by atoms with van der Waals surface area (Å²) >= 11 is 1.74. The van der Waals surface area contributed by atoms with Crippen molar-refractivity contribution in [2.24, 2.45) is 5.84 Å². The second-order valence-electron chi connectivity index (χ2n) is 2.11. The average Bonchev–Trinajstić information content (AvgIpc) is 2.06. The number of nitrogens with one attached hydrogen (secondary N) is 1. The van der Waals surface area contributed by atoms with Gasteiger partial charge in [-0.2, -0.15) is 11.8 Å². The SMILES string of the molecule is CSCc1cc(NN)ccn1. The first-order chi connectivity index (χ1) is 5.36. The summed E-state index contributed by atoms with van der Waals surface area (Å²) in [5.41, 5.74) is 4.53. The predicted molar refractivity (Wildman–Crippen MR) is 49.3 cm³/mol. The second-order valence-corrected chi connectivity index (χ2v) is 2.98. The van der Waals surface area contributed by atoms with Gasteiger partial charge in [-0.3, -0.25) is 10.8 Å². The van der Waals surface area contributed by atoms with Crippen molar-refractivity contribution in [1.29, 1.82) is 0 Å². The lowest BCUT2D eigenvalue weighted by molar-refractivity contribution is 1.17. The highest BCUT2D eigenvalue weighted by atomic mass is 32.2. The van der Waals surface area contributed by atoms with Crippen LogP contribution in [0.4, 0.5) is 5.69 Å². The zero-order chi connectivity index (χ0) is 8.10. The van der Waals surface area contributed by atoms with Crippen LogP contribution in [-0.4, -0.2) is 11.2 Å². The number of hydrogen-bond donors (Lipinski definition) is 2. The van der Waals surface area contributed by atoms with Gasteiger partial charge in [0, 0.05) is 11.9 Å². The van der Waals surface area contributed by atoms with Crippen molar-refractivity contribution in [3.8, 4) is 0 Å². The van der Waals surface area contributed by atoms with Crippen molar-refractivity contribution in [2.75, 3.05) is 11.7 Å². The topological polar surface area (TPSA) is 50.9 Å². The van der Waals surface area contributed by atoms with E-state index in [0.717, 1.165) is 17.1 Å². The number of nitrogens with zero attached hydrogens (tertiary/aromatic N) is 1. The molecule has 0 unspecified atom stereocenters. The number of nitrogen functional groups attached to an aromatic ring is 1. The van der Waals surface area contributed by atoms with Gasteiger partial charge < -0.3 is 5.43 Å². The molecule has 1 aromatic rings. The Morgan fingerprint density at radius 1 is 1.73 bits per heavy atom. The molecule has 3 nitrogen and oxygen atoms in total. The molecular formula is C7H11N3S. The first kappa shape index (κ1) is 8.36. The number of thioether (sulfide) groups is 1. The maximum absolute atomic E-state index is 5.23. The van der Waals surface area contributed by atoms with Crippen molar-refractivity contribution >= 4 is 17.4 Å². The number of anilines is 1. The molecule has 1 heterocycles. The summed E-state index contributed by atoms with van der Waals surface area (Å²) in [6.45, 7) is 0. The van der Waals surface area contributed by atoms with Gasteiger partial charge in [0.05, 0.1) is 11.4 Å². The molecule has 3 N–H and O–H groups in total. The van der Waals surface area contributed by atoms with Crippen molar-refractivity contribution in [3.05, 3.63) is 24.0 Å². The summed E-state index contributed by atoms with van der Waals surface area (Å²) in [4.78, 5) is 4.16. The maximum atomic E-state index is 5.23. The lowest BCUT2D eigenvalue weighted by Crippen LogP contribution is -2.07.